The normalized spacial score (nSPS) is 12.5. The van der Waals surface area contributed by atoms with E-state index < -0.39 is 5.97 Å². The van der Waals surface area contributed by atoms with E-state index in [1.165, 1.54) is 22.3 Å². The molecule has 17 heavy (non-hydrogen) atoms. The van der Waals surface area contributed by atoms with Gasteiger partial charge in [0.05, 0.1) is 5.92 Å². The molecular weight excluding hydrogens is 212 g/mol. The highest BCUT2D eigenvalue weighted by atomic mass is 16.4. The molecule has 0 aromatic heterocycles. The van der Waals surface area contributed by atoms with E-state index in [9.17, 15) is 4.79 Å². The van der Waals surface area contributed by atoms with Crippen LogP contribution in [0.25, 0.3) is 0 Å². The van der Waals surface area contributed by atoms with Gasteiger partial charge < -0.3 is 5.11 Å². The fourth-order valence-electron chi connectivity index (χ4n) is 2.31. The first kappa shape index (κ1) is 13.8. The predicted octanol–water partition coefficient (Wildman–Crippen LogP) is 3.66. The summed E-state index contributed by atoms with van der Waals surface area (Å²) in [7, 11) is 0. The van der Waals surface area contributed by atoms with Crippen LogP contribution in [-0.4, -0.2) is 11.1 Å². The minimum Gasteiger partial charge on any atom is -0.481 e. The molecule has 1 aromatic carbocycles. The second-order valence-corrected chi connectivity index (χ2v) is 5.01. The van der Waals surface area contributed by atoms with Crippen LogP contribution in [0.5, 0.6) is 0 Å². The Hall–Kier alpha value is -1.31. The smallest absolute Gasteiger partial charge is 0.306 e. The van der Waals surface area contributed by atoms with Crippen molar-refractivity contribution in [3.8, 4) is 0 Å². The minimum absolute atomic E-state index is 0.235. The molecule has 0 aliphatic rings. The summed E-state index contributed by atoms with van der Waals surface area (Å²) in [6.45, 7) is 8.15. The summed E-state index contributed by atoms with van der Waals surface area (Å²) in [6, 6.07) is 4.39. The van der Waals surface area contributed by atoms with Gasteiger partial charge in [-0.2, -0.15) is 0 Å². The van der Waals surface area contributed by atoms with Crippen molar-refractivity contribution in [2.24, 2.45) is 5.92 Å². The van der Waals surface area contributed by atoms with Crippen molar-refractivity contribution in [2.45, 2.75) is 47.0 Å². The first-order valence-corrected chi connectivity index (χ1v) is 6.21. The molecule has 1 atom stereocenters. The highest BCUT2D eigenvalue weighted by Gasteiger charge is 2.11. The molecule has 2 heteroatoms. The Morgan fingerprint density at radius 3 is 2.24 bits per heavy atom. The molecule has 0 spiro atoms. The maximum Gasteiger partial charge on any atom is 0.306 e. The summed E-state index contributed by atoms with van der Waals surface area (Å²) in [6.07, 6.45) is 2.68. The van der Waals surface area contributed by atoms with Crippen molar-refractivity contribution in [1.82, 2.24) is 0 Å². The summed E-state index contributed by atoms with van der Waals surface area (Å²) < 4.78 is 0. The second-order valence-electron chi connectivity index (χ2n) is 5.01. The van der Waals surface area contributed by atoms with Crippen molar-refractivity contribution in [3.63, 3.8) is 0 Å². The number of carboxylic acids is 1. The molecule has 0 saturated heterocycles. The summed E-state index contributed by atoms with van der Waals surface area (Å²) in [4.78, 5) is 10.7. The number of rotatable bonds is 5. The van der Waals surface area contributed by atoms with Gasteiger partial charge >= 0.3 is 5.97 Å². The molecule has 0 bridgehead atoms. The van der Waals surface area contributed by atoms with Gasteiger partial charge in [0.25, 0.3) is 0 Å². The van der Waals surface area contributed by atoms with E-state index in [0.29, 0.717) is 0 Å². The van der Waals surface area contributed by atoms with Crippen LogP contribution in [0, 0.1) is 26.7 Å². The Bertz CT molecular complexity index is 384. The number of benzene rings is 1. The lowest BCUT2D eigenvalue weighted by molar-refractivity contribution is -0.141. The molecule has 1 aromatic rings. The lowest BCUT2D eigenvalue weighted by atomic mass is 9.94. The molecule has 0 radical (unpaired) electrons. The maximum atomic E-state index is 10.7. The second kappa shape index (κ2) is 5.85. The van der Waals surface area contributed by atoms with Gasteiger partial charge in [0.2, 0.25) is 0 Å². The van der Waals surface area contributed by atoms with Crippen molar-refractivity contribution in [1.29, 1.82) is 0 Å². The third kappa shape index (κ3) is 3.88. The monoisotopic (exact) mass is 234 g/mol. The van der Waals surface area contributed by atoms with Gasteiger partial charge in [0.1, 0.15) is 0 Å². The Morgan fingerprint density at radius 2 is 1.76 bits per heavy atom. The standard InChI is InChI=1S/C15H22O2/c1-10-8-12(3)14(13(4)9-10)7-5-6-11(2)15(16)17/h8-9,11H,5-7H2,1-4H3,(H,16,17). The van der Waals surface area contributed by atoms with Gasteiger partial charge in [0.15, 0.2) is 0 Å². The van der Waals surface area contributed by atoms with Crippen molar-refractivity contribution in [2.75, 3.05) is 0 Å². The van der Waals surface area contributed by atoms with Crippen molar-refractivity contribution >= 4 is 5.97 Å². The topological polar surface area (TPSA) is 37.3 Å². The summed E-state index contributed by atoms with van der Waals surface area (Å²) >= 11 is 0. The number of aryl methyl sites for hydroxylation is 3. The van der Waals surface area contributed by atoms with Crippen LogP contribution in [0.15, 0.2) is 12.1 Å². The summed E-state index contributed by atoms with van der Waals surface area (Å²) in [5, 5.41) is 8.82. The molecule has 0 heterocycles. The van der Waals surface area contributed by atoms with Gasteiger partial charge in [-0.15, -0.1) is 0 Å². The van der Waals surface area contributed by atoms with E-state index in [2.05, 4.69) is 32.9 Å². The Morgan fingerprint density at radius 1 is 1.24 bits per heavy atom. The fraction of sp³-hybridized carbons (Fsp3) is 0.533. The van der Waals surface area contributed by atoms with Gasteiger partial charge in [-0.1, -0.05) is 24.6 Å². The molecule has 0 fully saturated rings. The number of aliphatic carboxylic acids is 1. The van der Waals surface area contributed by atoms with E-state index in [-0.39, 0.29) is 5.92 Å². The molecule has 2 nitrogen and oxygen atoms in total. The van der Waals surface area contributed by atoms with Crippen LogP contribution in [0.1, 0.15) is 42.0 Å². The average Bonchev–Trinajstić information content (AvgIpc) is 2.21. The van der Waals surface area contributed by atoms with E-state index in [1.54, 1.807) is 6.92 Å². The van der Waals surface area contributed by atoms with Crippen molar-refractivity contribution in [3.05, 3.63) is 34.4 Å². The number of hydrogen-bond donors (Lipinski definition) is 1. The average molecular weight is 234 g/mol. The van der Waals surface area contributed by atoms with E-state index in [0.717, 1.165) is 19.3 Å². The molecule has 1 unspecified atom stereocenters. The lowest BCUT2D eigenvalue weighted by Gasteiger charge is -2.12. The molecular formula is C15H22O2. The van der Waals surface area contributed by atoms with E-state index in [4.69, 9.17) is 5.11 Å². The molecule has 0 amide bonds. The minimum atomic E-state index is -0.692. The maximum absolute atomic E-state index is 10.7. The first-order chi connectivity index (χ1) is 7.91. The third-order valence-electron chi connectivity index (χ3n) is 3.33. The molecule has 1 rings (SSSR count). The van der Waals surface area contributed by atoms with Crippen molar-refractivity contribution < 1.29 is 9.90 Å². The van der Waals surface area contributed by atoms with Crippen LogP contribution in [0.2, 0.25) is 0 Å². The predicted molar refractivity (Wildman–Crippen MR) is 70.4 cm³/mol. The lowest BCUT2D eigenvalue weighted by Crippen LogP contribution is -2.09. The SMILES string of the molecule is Cc1cc(C)c(CCCC(C)C(=O)O)c(C)c1. The van der Waals surface area contributed by atoms with Crippen LogP contribution in [0.3, 0.4) is 0 Å². The molecule has 0 saturated carbocycles. The number of carboxylic acid groups (broad SMARTS) is 1. The number of hydrogen-bond acceptors (Lipinski definition) is 1. The Kier molecular flexibility index (Phi) is 4.73. The number of carbonyl (C=O) groups is 1. The zero-order chi connectivity index (χ0) is 13.0. The van der Waals surface area contributed by atoms with Gasteiger partial charge in [-0.25, -0.2) is 0 Å². The Balaban J connectivity index is 2.61. The molecule has 0 aliphatic carbocycles. The van der Waals surface area contributed by atoms with Gasteiger partial charge in [-0.3, -0.25) is 4.79 Å². The van der Waals surface area contributed by atoms with Gasteiger partial charge in [-0.05, 0) is 56.7 Å². The van der Waals surface area contributed by atoms with E-state index >= 15 is 0 Å². The third-order valence-corrected chi connectivity index (χ3v) is 3.33. The van der Waals surface area contributed by atoms with Crippen LogP contribution >= 0.6 is 0 Å². The van der Waals surface area contributed by atoms with Crippen LogP contribution < -0.4 is 0 Å². The first-order valence-electron chi connectivity index (χ1n) is 6.21. The fourth-order valence-corrected chi connectivity index (χ4v) is 2.31. The summed E-state index contributed by atoms with van der Waals surface area (Å²) in [5.74, 6) is -0.927. The highest BCUT2D eigenvalue weighted by molar-refractivity contribution is 5.69. The molecule has 1 N–H and O–H groups in total. The quantitative estimate of drug-likeness (QED) is 0.844. The van der Waals surface area contributed by atoms with Crippen LogP contribution in [0.4, 0.5) is 0 Å². The summed E-state index contributed by atoms with van der Waals surface area (Å²) in [5.41, 5.74) is 5.33. The van der Waals surface area contributed by atoms with Crippen LogP contribution in [-0.2, 0) is 11.2 Å². The zero-order valence-electron chi connectivity index (χ0n) is 11.2. The zero-order valence-corrected chi connectivity index (χ0v) is 11.2. The molecule has 0 aliphatic heterocycles. The largest absolute Gasteiger partial charge is 0.481 e. The van der Waals surface area contributed by atoms with Gasteiger partial charge in [0, 0.05) is 0 Å². The van der Waals surface area contributed by atoms with E-state index in [1.807, 2.05) is 0 Å². The molecule has 94 valence electrons. The Labute approximate surface area is 104 Å². The highest BCUT2D eigenvalue weighted by Crippen LogP contribution is 2.19.